The normalized spacial score (nSPS) is 34.6. The quantitative estimate of drug-likeness (QED) is 0.343. The smallest absolute Gasteiger partial charge is 0.316 e. The summed E-state index contributed by atoms with van der Waals surface area (Å²) in [6.45, 7) is 1.78. The summed E-state index contributed by atoms with van der Waals surface area (Å²) >= 11 is 8.13. The molecule has 0 saturated carbocycles. The molecule has 1 aromatic heterocycles. The zero-order chi connectivity index (χ0) is 13.4. The second kappa shape index (κ2) is 4.73. The molecule has 1 aliphatic rings. The summed E-state index contributed by atoms with van der Waals surface area (Å²) in [5.74, 6) is -1.16. The van der Waals surface area contributed by atoms with Crippen LogP contribution in [0.25, 0.3) is 0 Å². The van der Waals surface area contributed by atoms with Gasteiger partial charge in [-0.2, -0.15) is 10.2 Å². The van der Waals surface area contributed by atoms with Crippen molar-refractivity contribution in [3.8, 4) is 0 Å². The maximum Gasteiger partial charge on any atom is 0.316 e. The summed E-state index contributed by atoms with van der Waals surface area (Å²) in [5, 5.41) is 8.15. The van der Waals surface area contributed by atoms with Crippen LogP contribution in [-0.4, -0.2) is 21.1 Å². The highest BCUT2D eigenvalue weighted by Gasteiger charge is 2.59. The van der Waals surface area contributed by atoms with Gasteiger partial charge in [-0.05, 0) is 41.6 Å². The molecule has 1 aliphatic heterocycles. The van der Waals surface area contributed by atoms with E-state index in [9.17, 15) is 4.79 Å². The Bertz CT molecular complexity index is 494. The zero-order valence-electron chi connectivity index (χ0n) is 9.80. The Kier molecular flexibility index (Phi) is 3.59. The van der Waals surface area contributed by atoms with Crippen LogP contribution >= 0.6 is 34.2 Å². The lowest BCUT2D eigenvalue weighted by atomic mass is 9.84. The molecule has 0 fully saturated rings. The number of azo groups is 1. The Hall–Kier alpha value is -0.760. The van der Waals surface area contributed by atoms with Crippen molar-refractivity contribution in [2.75, 3.05) is 7.11 Å². The molecule has 18 heavy (non-hydrogen) atoms. The minimum atomic E-state index is -1.14. The average molecular weight is 380 g/mol. The molecule has 0 aliphatic carbocycles. The number of hydrogen-bond donors (Lipinski definition) is 0. The number of nitrogens with zero attached hydrogens (tertiary/aromatic N) is 3. The first-order chi connectivity index (χ1) is 8.42. The molecule has 7 heteroatoms. The molecule has 0 N–H and O–H groups in total. The van der Waals surface area contributed by atoms with Gasteiger partial charge < -0.3 is 4.74 Å². The molecule has 0 aromatic carbocycles. The molecule has 0 radical (unpaired) electrons. The summed E-state index contributed by atoms with van der Waals surface area (Å²) in [4.78, 5) is 16.2. The van der Waals surface area contributed by atoms with Crippen molar-refractivity contribution in [1.29, 1.82) is 0 Å². The van der Waals surface area contributed by atoms with Crippen LogP contribution in [0.15, 0.2) is 34.6 Å². The number of ether oxygens (including phenoxy) is 1. The lowest BCUT2D eigenvalue weighted by Crippen LogP contribution is -2.41. The first-order valence-electron chi connectivity index (χ1n) is 5.23. The van der Waals surface area contributed by atoms with Gasteiger partial charge in [0.25, 0.3) is 0 Å². The van der Waals surface area contributed by atoms with Crippen molar-refractivity contribution in [1.82, 2.24) is 4.98 Å². The highest BCUT2D eigenvalue weighted by Crippen LogP contribution is 2.52. The second-order valence-electron chi connectivity index (χ2n) is 4.11. The molecule has 2 heterocycles. The van der Waals surface area contributed by atoms with Crippen molar-refractivity contribution in [3.05, 3.63) is 30.1 Å². The van der Waals surface area contributed by atoms with E-state index in [-0.39, 0.29) is 0 Å². The van der Waals surface area contributed by atoms with Gasteiger partial charge in [-0.15, -0.1) is 0 Å². The minimum absolute atomic E-state index is 0.447. The van der Waals surface area contributed by atoms with E-state index in [0.29, 0.717) is 5.69 Å². The van der Waals surface area contributed by atoms with E-state index in [0.717, 1.165) is 0 Å². The highest BCUT2D eigenvalue weighted by molar-refractivity contribution is 14.1. The maximum absolute atomic E-state index is 12.0. The third-order valence-electron chi connectivity index (χ3n) is 2.92. The highest BCUT2D eigenvalue weighted by atomic mass is 127. The predicted octanol–water partition coefficient (Wildman–Crippen LogP) is 2.88. The summed E-state index contributed by atoms with van der Waals surface area (Å²) in [7, 11) is 1.32. The minimum Gasteiger partial charge on any atom is -0.469 e. The van der Waals surface area contributed by atoms with Crippen LogP contribution in [0, 0.1) is 5.92 Å². The van der Waals surface area contributed by atoms with Crippen molar-refractivity contribution in [2.24, 2.45) is 16.1 Å². The van der Waals surface area contributed by atoms with E-state index in [4.69, 9.17) is 16.3 Å². The number of esters is 1. The van der Waals surface area contributed by atoms with E-state index in [1.54, 1.807) is 25.3 Å². The van der Waals surface area contributed by atoms with Gasteiger partial charge >= 0.3 is 5.97 Å². The number of alkyl halides is 2. The summed E-state index contributed by atoms with van der Waals surface area (Å²) < 4.78 is 3.67. The molecule has 5 nitrogen and oxygen atoms in total. The Balaban J connectivity index is 2.50. The van der Waals surface area contributed by atoms with Crippen molar-refractivity contribution in [3.63, 3.8) is 0 Å². The lowest BCUT2D eigenvalue weighted by molar-refractivity contribution is -0.147. The standard InChI is InChI=1S/C11H11ClIN3O2/c1-10(7-5-3-4-6-14-7)8(9(17)18-2)11(12,13)16-15-10/h3-6,8H,1-2H3. The van der Waals surface area contributed by atoms with Crippen LogP contribution in [0.2, 0.25) is 0 Å². The second-order valence-corrected chi connectivity index (χ2v) is 6.96. The fraction of sp³-hybridized carbons (Fsp3) is 0.455. The SMILES string of the molecule is COC(=O)C1C(Cl)(I)N=NC1(C)c1ccccn1. The van der Waals surface area contributed by atoms with E-state index in [1.165, 1.54) is 7.11 Å². The van der Waals surface area contributed by atoms with Gasteiger partial charge in [0.2, 0.25) is 3.00 Å². The summed E-state index contributed by atoms with van der Waals surface area (Å²) in [6.07, 6.45) is 1.64. The van der Waals surface area contributed by atoms with Crippen LogP contribution in [0.3, 0.4) is 0 Å². The fourth-order valence-corrected chi connectivity index (χ4v) is 3.28. The molecule has 0 spiro atoms. The summed E-state index contributed by atoms with van der Waals surface area (Å²) in [5.41, 5.74) is -0.263. The average Bonchev–Trinajstić information content (AvgIpc) is 2.62. The molecule has 2 rings (SSSR count). The largest absolute Gasteiger partial charge is 0.469 e. The molecular weight excluding hydrogens is 368 g/mol. The zero-order valence-corrected chi connectivity index (χ0v) is 12.7. The Morgan fingerprint density at radius 3 is 2.78 bits per heavy atom. The van der Waals surface area contributed by atoms with E-state index < -0.39 is 20.4 Å². The number of carbonyl (C=O) groups excluding carboxylic acids is 1. The number of hydrogen-bond acceptors (Lipinski definition) is 5. The number of aromatic nitrogens is 1. The third kappa shape index (κ3) is 2.11. The number of rotatable bonds is 2. The molecule has 3 atom stereocenters. The topological polar surface area (TPSA) is 63.9 Å². The fourth-order valence-electron chi connectivity index (χ4n) is 1.97. The monoisotopic (exact) mass is 379 g/mol. The van der Waals surface area contributed by atoms with Gasteiger partial charge in [-0.1, -0.05) is 17.7 Å². The maximum atomic E-state index is 12.0. The molecule has 1 aromatic rings. The van der Waals surface area contributed by atoms with Gasteiger partial charge in [0.1, 0.15) is 11.5 Å². The molecule has 0 amide bonds. The first-order valence-corrected chi connectivity index (χ1v) is 6.68. The van der Waals surface area contributed by atoms with E-state index in [1.807, 2.05) is 28.7 Å². The number of methoxy groups -OCH3 is 1. The Morgan fingerprint density at radius 2 is 2.22 bits per heavy atom. The van der Waals surface area contributed by atoms with Crippen LogP contribution < -0.4 is 0 Å². The number of pyridine rings is 1. The van der Waals surface area contributed by atoms with E-state index >= 15 is 0 Å². The lowest BCUT2D eigenvalue weighted by Gasteiger charge is -2.28. The van der Waals surface area contributed by atoms with E-state index in [2.05, 4.69) is 15.2 Å². The number of carbonyl (C=O) groups is 1. The molecule has 0 saturated heterocycles. The van der Waals surface area contributed by atoms with Gasteiger partial charge in [0.05, 0.1) is 12.8 Å². The Morgan fingerprint density at radius 1 is 1.50 bits per heavy atom. The van der Waals surface area contributed by atoms with Crippen LogP contribution in [0.5, 0.6) is 0 Å². The van der Waals surface area contributed by atoms with Gasteiger partial charge in [-0.25, -0.2) is 0 Å². The predicted molar refractivity (Wildman–Crippen MR) is 74.6 cm³/mol. The molecular formula is C11H11ClIN3O2. The number of halogens is 2. The molecule has 3 unspecified atom stereocenters. The summed E-state index contributed by atoms with van der Waals surface area (Å²) in [6, 6.07) is 5.42. The molecule has 96 valence electrons. The Labute approximate surface area is 123 Å². The van der Waals surface area contributed by atoms with Gasteiger partial charge in [0, 0.05) is 6.20 Å². The van der Waals surface area contributed by atoms with Crippen LogP contribution in [0.1, 0.15) is 12.6 Å². The van der Waals surface area contributed by atoms with Crippen molar-refractivity contribution < 1.29 is 9.53 Å². The molecule has 0 bridgehead atoms. The van der Waals surface area contributed by atoms with Crippen molar-refractivity contribution >= 4 is 40.2 Å². The van der Waals surface area contributed by atoms with Crippen LogP contribution in [0.4, 0.5) is 0 Å². The third-order valence-corrected chi connectivity index (χ3v) is 4.05. The van der Waals surface area contributed by atoms with Crippen LogP contribution in [-0.2, 0) is 15.1 Å². The van der Waals surface area contributed by atoms with Gasteiger partial charge in [-0.3, -0.25) is 9.78 Å². The van der Waals surface area contributed by atoms with Gasteiger partial charge in [0.15, 0.2) is 0 Å². The first kappa shape index (κ1) is 13.7. The van der Waals surface area contributed by atoms with Crippen molar-refractivity contribution in [2.45, 2.75) is 15.5 Å².